The molecule has 3 nitrogen and oxygen atoms in total. The van der Waals surface area contributed by atoms with Crippen LogP contribution in [0.5, 0.6) is 11.5 Å². The van der Waals surface area contributed by atoms with Crippen molar-refractivity contribution < 1.29 is 9.47 Å². The molecule has 0 radical (unpaired) electrons. The van der Waals surface area contributed by atoms with E-state index in [1.54, 1.807) is 0 Å². The van der Waals surface area contributed by atoms with Gasteiger partial charge in [-0.05, 0) is 33.4 Å². The van der Waals surface area contributed by atoms with Gasteiger partial charge in [0, 0.05) is 30.5 Å². The molecule has 1 N–H and O–H groups in total. The third kappa shape index (κ3) is 3.46. The second-order valence-corrected chi connectivity index (χ2v) is 5.76. The van der Waals surface area contributed by atoms with Gasteiger partial charge in [-0.15, -0.1) is 12.3 Å². The Kier molecular flexibility index (Phi) is 4.57. The average molecular weight is 273 g/mol. The van der Waals surface area contributed by atoms with Crippen LogP contribution in [0.1, 0.15) is 44.7 Å². The molecule has 0 spiro atoms. The summed E-state index contributed by atoms with van der Waals surface area (Å²) in [6.45, 7) is 4.86. The highest BCUT2D eigenvalue weighted by Crippen LogP contribution is 2.40. The minimum absolute atomic E-state index is 0.164. The highest BCUT2D eigenvalue weighted by Gasteiger charge is 2.33. The van der Waals surface area contributed by atoms with Gasteiger partial charge < -0.3 is 14.8 Å². The lowest BCUT2D eigenvalue weighted by Crippen LogP contribution is -2.38. The molecule has 1 aliphatic rings. The van der Waals surface area contributed by atoms with E-state index in [9.17, 15) is 0 Å². The first-order valence-electron chi connectivity index (χ1n) is 7.12. The van der Waals surface area contributed by atoms with E-state index < -0.39 is 0 Å². The SMILES string of the molecule is C#CCCCOc1ccc2c(c1)OC(C)(C)CC2NC. The number of hydrogen-bond acceptors (Lipinski definition) is 3. The molecule has 1 atom stereocenters. The molecule has 108 valence electrons. The standard InChI is InChI=1S/C17H23NO2/c1-5-6-7-10-19-13-8-9-14-15(18-4)12-17(2,3)20-16(14)11-13/h1,8-9,11,15,18H,6-7,10,12H2,2-4H3. The molecule has 3 heteroatoms. The smallest absolute Gasteiger partial charge is 0.128 e. The van der Waals surface area contributed by atoms with Crippen molar-refractivity contribution in [1.82, 2.24) is 5.32 Å². The zero-order valence-electron chi connectivity index (χ0n) is 12.5. The molecular weight excluding hydrogens is 250 g/mol. The minimum Gasteiger partial charge on any atom is -0.493 e. The van der Waals surface area contributed by atoms with Crippen LogP contribution in [0.25, 0.3) is 0 Å². The maximum Gasteiger partial charge on any atom is 0.128 e. The maximum atomic E-state index is 6.07. The molecule has 1 aromatic carbocycles. The van der Waals surface area contributed by atoms with E-state index in [0.717, 1.165) is 30.8 Å². The van der Waals surface area contributed by atoms with Crippen LogP contribution in [-0.2, 0) is 0 Å². The fourth-order valence-electron chi connectivity index (χ4n) is 2.54. The third-order valence-electron chi connectivity index (χ3n) is 3.53. The van der Waals surface area contributed by atoms with Gasteiger partial charge in [0.05, 0.1) is 6.61 Å². The zero-order chi connectivity index (χ0) is 14.6. The van der Waals surface area contributed by atoms with Crippen molar-refractivity contribution in [3.8, 4) is 23.8 Å². The number of fused-ring (bicyclic) bond motifs is 1. The van der Waals surface area contributed by atoms with Gasteiger partial charge in [-0.3, -0.25) is 0 Å². The highest BCUT2D eigenvalue weighted by molar-refractivity contribution is 5.44. The van der Waals surface area contributed by atoms with Crippen molar-refractivity contribution in [1.29, 1.82) is 0 Å². The van der Waals surface area contributed by atoms with Gasteiger partial charge in [0.15, 0.2) is 0 Å². The van der Waals surface area contributed by atoms with E-state index in [4.69, 9.17) is 15.9 Å². The summed E-state index contributed by atoms with van der Waals surface area (Å²) in [7, 11) is 1.99. The summed E-state index contributed by atoms with van der Waals surface area (Å²) in [5.74, 6) is 4.37. The van der Waals surface area contributed by atoms with Crippen molar-refractivity contribution >= 4 is 0 Å². The largest absolute Gasteiger partial charge is 0.493 e. The van der Waals surface area contributed by atoms with Crippen LogP contribution >= 0.6 is 0 Å². The molecule has 0 aliphatic carbocycles. The number of benzene rings is 1. The Balaban J connectivity index is 2.12. The van der Waals surface area contributed by atoms with Crippen molar-refractivity contribution in [3.05, 3.63) is 23.8 Å². The zero-order valence-corrected chi connectivity index (χ0v) is 12.5. The average Bonchev–Trinajstić information content (AvgIpc) is 2.41. The van der Waals surface area contributed by atoms with Crippen LogP contribution in [-0.4, -0.2) is 19.3 Å². The Morgan fingerprint density at radius 1 is 1.50 bits per heavy atom. The van der Waals surface area contributed by atoms with Gasteiger partial charge >= 0.3 is 0 Å². The molecule has 1 unspecified atom stereocenters. The predicted octanol–water partition coefficient (Wildman–Crippen LogP) is 3.30. The normalized spacial score (nSPS) is 19.6. The molecule has 0 saturated heterocycles. The first-order chi connectivity index (χ1) is 9.55. The van der Waals surface area contributed by atoms with Crippen molar-refractivity contribution in [2.75, 3.05) is 13.7 Å². The number of hydrogen-bond donors (Lipinski definition) is 1. The summed E-state index contributed by atoms with van der Waals surface area (Å²) in [6, 6.07) is 6.39. The second-order valence-electron chi connectivity index (χ2n) is 5.76. The van der Waals surface area contributed by atoms with Crippen molar-refractivity contribution in [2.24, 2.45) is 0 Å². The van der Waals surface area contributed by atoms with E-state index in [2.05, 4.69) is 31.2 Å². The van der Waals surface area contributed by atoms with Crippen LogP contribution in [0, 0.1) is 12.3 Å². The van der Waals surface area contributed by atoms with Crippen LogP contribution < -0.4 is 14.8 Å². The molecule has 0 aromatic heterocycles. The topological polar surface area (TPSA) is 30.5 Å². The van der Waals surface area contributed by atoms with Gasteiger partial charge in [0.25, 0.3) is 0 Å². The summed E-state index contributed by atoms with van der Waals surface area (Å²) in [5.41, 5.74) is 1.03. The van der Waals surface area contributed by atoms with Gasteiger partial charge in [-0.25, -0.2) is 0 Å². The Labute approximate surface area is 121 Å². The van der Waals surface area contributed by atoms with E-state index in [1.807, 2.05) is 19.2 Å². The molecule has 0 amide bonds. The third-order valence-corrected chi connectivity index (χ3v) is 3.53. The lowest BCUT2D eigenvalue weighted by molar-refractivity contribution is 0.0671. The van der Waals surface area contributed by atoms with Gasteiger partial charge in [0.1, 0.15) is 17.1 Å². The number of ether oxygens (including phenoxy) is 2. The molecule has 1 heterocycles. The molecule has 0 fully saturated rings. The molecule has 1 aliphatic heterocycles. The molecular formula is C17H23NO2. The van der Waals surface area contributed by atoms with E-state index in [1.165, 1.54) is 5.56 Å². The summed E-state index contributed by atoms with van der Waals surface area (Å²) in [5, 5.41) is 3.35. The summed E-state index contributed by atoms with van der Waals surface area (Å²) < 4.78 is 11.8. The van der Waals surface area contributed by atoms with E-state index >= 15 is 0 Å². The van der Waals surface area contributed by atoms with E-state index in [0.29, 0.717) is 12.6 Å². The molecule has 1 aromatic rings. The second kappa shape index (κ2) is 6.19. The predicted molar refractivity (Wildman–Crippen MR) is 81.1 cm³/mol. The first kappa shape index (κ1) is 14.7. The van der Waals surface area contributed by atoms with Crippen molar-refractivity contribution in [2.45, 2.75) is 44.8 Å². The molecule has 2 rings (SSSR count). The fourth-order valence-corrected chi connectivity index (χ4v) is 2.54. The van der Waals surface area contributed by atoms with Crippen LogP contribution in [0.15, 0.2) is 18.2 Å². The Hall–Kier alpha value is -1.66. The first-order valence-corrected chi connectivity index (χ1v) is 7.12. The number of terminal acetylenes is 1. The van der Waals surface area contributed by atoms with Gasteiger partial charge in [-0.2, -0.15) is 0 Å². The maximum absolute atomic E-state index is 6.07. The Morgan fingerprint density at radius 3 is 3.00 bits per heavy atom. The quantitative estimate of drug-likeness (QED) is 0.659. The van der Waals surface area contributed by atoms with Gasteiger partial charge in [0.2, 0.25) is 0 Å². The number of rotatable bonds is 5. The summed E-state index contributed by atoms with van der Waals surface area (Å²) in [6.07, 6.45) is 7.80. The molecule has 0 bridgehead atoms. The highest BCUT2D eigenvalue weighted by atomic mass is 16.5. The lowest BCUT2D eigenvalue weighted by atomic mass is 9.90. The number of unbranched alkanes of at least 4 members (excludes halogenated alkanes) is 1. The fraction of sp³-hybridized carbons (Fsp3) is 0.529. The van der Waals surface area contributed by atoms with Crippen LogP contribution in [0.2, 0.25) is 0 Å². The lowest BCUT2D eigenvalue weighted by Gasteiger charge is -2.37. The number of nitrogens with one attached hydrogen (secondary N) is 1. The Morgan fingerprint density at radius 2 is 2.30 bits per heavy atom. The van der Waals surface area contributed by atoms with Crippen LogP contribution in [0.3, 0.4) is 0 Å². The molecule has 0 saturated carbocycles. The summed E-state index contributed by atoms with van der Waals surface area (Å²) in [4.78, 5) is 0. The Bertz CT molecular complexity index is 502. The monoisotopic (exact) mass is 273 g/mol. The van der Waals surface area contributed by atoms with Gasteiger partial charge in [-0.1, -0.05) is 6.07 Å². The van der Waals surface area contributed by atoms with E-state index in [-0.39, 0.29) is 5.60 Å². The van der Waals surface area contributed by atoms with Crippen molar-refractivity contribution in [3.63, 3.8) is 0 Å². The summed E-state index contributed by atoms with van der Waals surface area (Å²) >= 11 is 0. The minimum atomic E-state index is -0.164. The molecule has 20 heavy (non-hydrogen) atoms. The van der Waals surface area contributed by atoms with Crippen LogP contribution in [0.4, 0.5) is 0 Å².